The van der Waals surface area contributed by atoms with Crippen LogP contribution in [0.5, 0.6) is 0 Å². The van der Waals surface area contributed by atoms with E-state index in [9.17, 15) is 4.79 Å². The molecule has 76 valence electrons. The Morgan fingerprint density at radius 3 is 2.85 bits per heavy atom. The first kappa shape index (κ1) is 10.5. The van der Waals surface area contributed by atoms with Crippen LogP contribution in [-0.2, 0) is 9.63 Å². The number of carbonyl (C=O) groups is 1. The zero-order valence-electron chi connectivity index (χ0n) is 8.16. The standard InChI is InChI=1S/C9H18N2O2/c1-2-8(7-10)9(12)11-5-3-4-6-13-11/h8H,2-7,10H2,1H3. The van der Waals surface area contributed by atoms with Crippen molar-refractivity contribution in [1.82, 2.24) is 5.06 Å². The Kier molecular flexibility index (Phi) is 4.18. The van der Waals surface area contributed by atoms with Crippen molar-refractivity contribution in [3.05, 3.63) is 0 Å². The molecule has 4 nitrogen and oxygen atoms in total. The number of rotatable bonds is 3. The minimum atomic E-state index is -0.0712. The van der Waals surface area contributed by atoms with Gasteiger partial charge in [-0.05, 0) is 19.3 Å². The average molecular weight is 186 g/mol. The molecule has 1 rings (SSSR count). The van der Waals surface area contributed by atoms with Crippen LogP contribution in [0.15, 0.2) is 0 Å². The molecule has 0 aromatic heterocycles. The van der Waals surface area contributed by atoms with Crippen molar-refractivity contribution in [3.63, 3.8) is 0 Å². The molecule has 0 bridgehead atoms. The number of nitrogens with two attached hydrogens (primary N) is 1. The first-order valence-corrected chi connectivity index (χ1v) is 4.94. The van der Waals surface area contributed by atoms with Gasteiger partial charge >= 0.3 is 0 Å². The second kappa shape index (κ2) is 5.19. The summed E-state index contributed by atoms with van der Waals surface area (Å²) in [4.78, 5) is 16.9. The molecule has 1 unspecified atom stereocenters. The van der Waals surface area contributed by atoms with E-state index in [-0.39, 0.29) is 11.8 Å². The lowest BCUT2D eigenvalue weighted by Gasteiger charge is -2.28. The Hall–Kier alpha value is -0.610. The lowest BCUT2D eigenvalue weighted by molar-refractivity contribution is -0.201. The van der Waals surface area contributed by atoms with Gasteiger partial charge in [-0.3, -0.25) is 9.63 Å². The molecule has 1 amide bonds. The van der Waals surface area contributed by atoms with Crippen LogP contribution < -0.4 is 5.73 Å². The number of hydroxylamine groups is 2. The third-order valence-corrected chi connectivity index (χ3v) is 2.38. The molecule has 0 aromatic carbocycles. The number of carbonyl (C=O) groups excluding carboxylic acids is 1. The van der Waals surface area contributed by atoms with E-state index in [1.807, 2.05) is 6.92 Å². The van der Waals surface area contributed by atoms with Gasteiger partial charge in [-0.25, -0.2) is 5.06 Å². The van der Waals surface area contributed by atoms with Gasteiger partial charge in [0, 0.05) is 13.1 Å². The summed E-state index contributed by atoms with van der Waals surface area (Å²) in [7, 11) is 0. The van der Waals surface area contributed by atoms with Crippen molar-refractivity contribution >= 4 is 5.91 Å². The topological polar surface area (TPSA) is 55.6 Å². The van der Waals surface area contributed by atoms with Crippen molar-refractivity contribution in [2.45, 2.75) is 26.2 Å². The average Bonchev–Trinajstić information content (AvgIpc) is 2.21. The minimum absolute atomic E-state index is 0.0460. The molecule has 1 aliphatic heterocycles. The summed E-state index contributed by atoms with van der Waals surface area (Å²) >= 11 is 0. The Labute approximate surface area is 79.0 Å². The molecule has 0 saturated carbocycles. The number of nitrogens with zero attached hydrogens (tertiary/aromatic N) is 1. The third kappa shape index (κ3) is 2.67. The highest BCUT2D eigenvalue weighted by Gasteiger charge is 2.23. The van der Waals surface area contributed by atoms with E-state index < -0.39 is 0 Å². The van der Waals surface area contributed by atoms with Crippen molar-refractivity contribution in [1.29, 1.82) is 0 Å². The fourth-order valence-electron chi connectivity index (χ4n) is 1.42. The number of hydrogen-bond acceptors (Lipinski definition) is 3. The molecule has 13 heavy (non-hydrogen) atoms. The highest BCUT2D eigenvalue weighted by molar-refractivity contribution is 5.78. The van der Waals surface area contributed by atoms with Crippen LogP contribution in [-0.4, -0.2) is 30.7 Å². The zero-order valence-corrected chi connectivity index (χ0v) is 8.16. The summed E-state index contributed by atoms with van der Waals surface area (Å²) in [6, 6.07) is 0. The fraction of sp³-hybridized carbons (Fsp3) is 0.889. The van der Waals surface area contributed by atoms with Crippen LogP contribution in [0, 0.1) is 5.92 Å². The molecule has 0 spiro atoms. The van der Waals surface area contributed by atoms with Gasteiger partial charge in [0.25, 0.3) is 0 Å². The van der Waals surface area contributed by atoms with E-state index in [1.54, 1.807) is 0 Å². The summed E-state index contributed by atoms with van der Waals surface area (Å²) in [5, 5.41) is 1.48. The summed E-state index contributed by atoms with van der Waals surface area (Å²) < 4.78 is 0. The van der Waals surface area contributed by atoms with Gasteiger partial charge in [0.2, 0.25) is 5.91 Å². The van der Waals surface area contributed by atoms with E-state index in [2.05, 4.69) is 0 Å². The van der Waals surface area contributed by atoms with Gasteiger partial charge in [0.15, 0.2) is 0 Å². The van der Waals surface area contributed by atoms with Crippen LogP contribution in [0.2, 0.25) is 0 Å². The minimum Gasteiger partial charge on any atom is -0.330 e. The van der Waals surface area contributed by atoms with Crippen LogP contribution in [0.3, 0.4) is 0 Å². The highest BCUT2D eigenvalue weighted by atomic mass is 16.7. The monoisotopic (exact) mass is 186 g/mol. The second-order valence-corrected chi connectivity index (χ2v) is 3.32. The number of amides is 1. The quantitative estimate of drug-likeness (QED) is 0.699. The van der Waals surface area contributed by atoms with Crippen molar-refractivity contribution < 1.29 is 9.63 Å². The molecule has 1 saturated heterocycles. The molecular weight excluding hydrogens is 168 g/mol. The molecule has 1 heterocycles. The normalized spacial score (nSPS) is 20.0. The van der Waals surface area contributed by atoms with E-state index in [0.29, 0.717) is 13.2 Å². The van der Waals surface area contributed by atoms with Crippen LogP contribution in [0.1, 0.15) is 26.2 Å². The first-order valence-electron chi connectivity index (χ1n) is 4.94. The van der Waals surface area contributed by atoms with Gasteiger partial charge in [-0.1, -0.05) is 6.92 Å². The zero-order chi connectivity index (χ0) is 9.68. The Morgan fingerprint density at radius 2 is 2.38 bits per heavy atom. The predicted octanol–water partition coefficient (Wildman–Crippen LogP) is 0.525. The maximum atomic E-state index is 11.7. The molecular formula is C9H18N2O2. The van der Waals surface area contributed by atoms with Crippen LogP contribution in [0.4, 0.5) is 0 Å². The summed E-state index contributed by atoms with van der Waals surface area (Å²) in [5.41, 5.74) is 5.49. The maximum absolute atomic E-state index is 11.7. The van der Waals surface area contributed by atoms with Crippen molar-refractivity contribution in [2.24, 2.45) is 11.7 Å². The summed E-state index contributed by atoms with van der Waals surface area (Å²) in [6.45, 7) is 3.76. The second-order valence-electron chi connectivity index (χ2n) is 3.32. The predicted molar refractivity (Wildman–Crippen MR) is 49.7 cm³/mol. The van der Waals surface area contributed by atoms with Gasteiger partial charge in [0.05, 0.1) is 12.5 Å². The van der Waals surface area contributed by atoms with Crippen LogP contribution >= 0.6 is 0 Å². The Morgan fingerprint density at radius 1 is 1.62 bits per heavy atom. The SMILES string of the molecule is CCC(CN)C(=O)N1CCCCO1. The van der Waals surface area contributed by atoms with Crippen molar-refractivity contribution in [3.8, 4) is 0 Å². The largest absolute Gasteiger partial charge is 0.330 e. The molecule has 1 fully saturated rings. The van der Waals surface area contributed by atoms with E-state index in [0.717, 1.165) is 25.8 Å². The van der Waals surface area contributed by atoms with Crippen LogP contribution in [0.25, 0.3) is 0 Å². The van der Waals surface area contributed by atoms with Crippen molar-refractivity contribution in [2.75, 3.05) is 19.7 Å². The summed E-state index contributed by atoms with van der Waals surface area (Å²) in [5.74, 6) is -0.0252. The van der Waals surface area contributed by atoms with Gasteiger partial charge in [-0.2, -0.15) is 0 Å². The maximum Gasteiger partial charge on any atom is 0.250 e. The molecule has 1 atom stereocenters. The lowest BCUT2D eigenvalue weighted by atomic mass is 10.1. The molecule has 4 heteroatoms. The number of hydrogen-bond donors (Lipinski definition) is 1. The Balaban J connectivity index is 2.44. The smallest absolute Gasteiger partial charge is 0.250 e. The Bertz CT molecular complexity index is 163. The third-order valence-electron chi connectivity index (χ3n) is 2.38. The molecule has 0 aliphatic carbocycles. The van der Waals surface area contributed by atoms with Gasteiger partial charge in [0.1, 0.15) is 0 Å². The van der Waals surface area contributed by atoms with Gasteiger partial charge < -0.3 is 5.73 Å². The molecule has 2 N–H and O–H groups in total. The molecule has 0 aromatic rings. The van der Waals surface area contributed by atoms with E-state index in [4.69, 9.17) is 10.6 Å². The lowest BCUT2D eigenvalue weighted by Crippen LogP contribution is -2.41. The molecule has 1 aliphatic rings. The summed E-state index contributed by atoms with van der Waals surface area (Å²) in [6.07, 6.45) is 2.87. The highest BCUT2D eigenvalue weighted by Crippen LogP contribution is 2.12. The van der Waals surface area contributed by atoms with E-state index in [1.165, 1.54) is 5.06 Å². The van der Waals surface area contributed by atoms with E-state index >= 15 is 0 Å². The molecule has 0 radical (unpaired) electrons. The first-order chi connectivity index (χ1) is 6.29. The van der Waals surface area contributed by atoms with Gasteiger partial charge in [-0.15, -0.1) is 0 Å². The fourth-order valence-corrected chi connectivity index (χ4v) is 1.42.